The second-order valence-electron chi connectivity index (χ2n) is 6.05. The van der Waals surface area contributed by atoms with Crippen LogP contribution in [0, 0.1) is 35.3 Å². The van der Waals surface area contributed by atoms with Gasteiger partial charge in [0.2, 0.25) is 0 Å². The van der Waals surface area contributed by atoms with Crippen molar-refractivity contribution >= 4 is 10.8 Å². The summed E-state index contributed by atoms with van der Waals surface area (Å²) in [4.78, 5) is 0. The third-order valence-corrected chi connectivity index (χ3v) is 3.97. The van der Waals surface area contributed by atoms with E-state index < -0.39 is 11.6 Å². The quantitative estimate of drug-likeness (QED) is 0.428. The van der Waals surface area contributed by atoms with Gasteiger partial charge in [0, 0.05) is 11.1 Å². The highest BCUT2D eigenvalue weighted by Gasteiger charge is 2.00. The van der Waals surface area contributed by atoms with Crippen LogP contribution in [0.4, 0.5) is 8.78 Å². The molecule has 0 spiro atoms. The molecule has 3 aromatic rings. The van der Waals surface area contributed by atoms with Crippen molar-refractivity contribution in [2.75, 3.05) is 6.61 Å². The maximum absolute atomic E-state index is 13.1. The number of hydrogen-bond donors (Lipinski definition) is 0. The lowest BCUT2D eigenvalue weighted by Crippen LogP contribution is -1.96. The molecule has 0 bridgehead atoms. The molecule has 0 aliphatic carbocycles. The fourth-order valence-electron chi connectivity index (χ4n) is 2.51. The molecule has 0 fully saturated rings. The fraction of sp³-hybridized carbons (Fsp3) is 0.167. The predicted molar refractivity (Wildman–Crippen MR) is 104 cm³/mol. The second kappa shape index (κ2) is 8.88. The van der Waals surface area contributed by atoms with Gasteiger partial charge in [0.25, 0.3) is 0 Å². The van der Waals surface area contributed by atoms with E-state index in [1.165, 1.54) is 6.07 Å². The van der Waals surface area contributed by atoms with Gasteiger partial charge in [-0.1, -0.05) is 37.3 Å². The average molecular weight is 360 g/mol. The maximum Gasteiger partial charge on any atom is 0.160 e. The molecule has 0 saturated carbocycles. The van der Waals surface area contributed by atoms with Gasteiger partial charge in [0.1, 0.15) is 5.75 Å². The predicted octanol–water partition coefficient (Wildman–Crippen LogP) is 5.70. The van der Waals surface area contributed by atoms with Crippen molar-refractivity contribution in [3.63, 3.8) is 0 Å². The standard InChI is InChI=1S/C24H18F2O/c1-2-3-14-27-22-12-11-20-15-18(8-10-21(20)17-22)6-4-5-7-19-9-13-23(25)24(26)16-19/h8-13,15-17H,2-3,14H2,1H3. The lowest BCUT2D eigenvalue weighted by Gasteiger charge is -2.06. The van der Waals surface area contributed by atoms with E-state index in [9.17, 15) is 8.78 Å². The van der Waals surface area contributed by atoms with E-state index in [1.807, 2.05) is 36.4 Å². The molecule has 0 aliphatic rings. The van der Waals surface area contributed by atoms with Crippen molar-refractivity contribution < 1.29 is 13.5 Å². The molecule has 27 heavy (non-hydrogen) atoms. The van der Waals surface area contributed by atoms with Gasteiger partial charge in [-0.15, -0.1) is 0 Å². The zero-order valence-electron chi connectivity index (χ0n) is 15.0. The average Bonchev–Trinajstić information content (AvgIpc) is 2.68. The topological polar surface area (TPSA) is 9.23 Å². The Hall–Kier alpha value is -3.30. The van der Waals surface area contributed by atoms with Crippen molar-refractivity contribution in [2.45, 2.75) is 19.8 Å². The number of benzene rings is 3. The molecular weight excluding hydrogens is 342 g/mol. The Kier molecular flexibility index (Phi) is 6.08. The summed E-state index contributed by atoms with van der Waals surface area (Å²) in [5.74, 6) is 10.1. The second-order valence-corrected chi connectivity index (χ2v) is 6.05. The molecule has 134 valence electrons. The monoisotopic (exact) mass is 360 g/mol. The van der Waals surface area contributed by atoms with Crippen LogP contribution in [0.25, 0.3) is 10.8 Å². The van der Waals surface area contributed by atoms with Crippen molar-refractivity contribution in [3.8, 4) is 29.4 Å². The summed E-state index contributed by atoms with van der Waals surface area (Å²) in [5, 5.41) is 2.15. The van der Waals surface area contributed by atoms with Crippen LogP contribution in [0.2, 0.25) is 0 Å². The zero-order chi connectivity index (χ0) is 19.1. The van der Waals surface area contributed by atoms with Crippen LogP contribution in [-0.4, -0.2) is 6.61 Å². The fourth-order valence-corrected chi connectivity index (χ4v) is 2.51. The van der Waals surface area contributed by atoms with Crippen molar-refractivity contribution in [1.29, 1.82) is 0 Å². The summed E-state index contributed by atoms with van der Waals surface area (Å²) in [6.45, 7) is 2.86. The van der Waals surface area contributed by atoms with E-state index in [4.69, 9.17) is 4.74 Å². The van der Waals surface area contributed by atoms with E-state index in [2.05, 4.69) is 30.6 Å². The zero-order valence-corrected chi connectivity index (χ0v) is 15.0. The summed E-state index contributed by atoms with van der Waals surface area (Å²) in [6.07, 6.45) is 2.15. The van der Waals surface area contributed by atoms with Gasteiger partial charge in [0.15, 0.2) is 11.6 Å². The minimum absolute atomic E-state index is 0.386. The number of halogens is 2. The minimum Gasteiger partial charge on any atom is -0.494 e. The summed E-state index contributed by atoms with van der Waals surface area (Å²) in [5.41, 5.74) is 1.22. The van der Waals surface area contributed by atoms with Gasteiger partial charge in [-0.25, -0.2) is 8.78 Å². The Labute approximate surface area is 158 Å². The lowest BCUT2D eigenvalue weighted by molar-refractivity contribution is 0.310. The first-order valence-electron chi connectivity index (χ1n) is 8.79. The first-order chi connectivity index (χ1) is 13.2. The van der Waals surface area contributed by atoms with E-state index in [-0.39, 0.29) is 0 Å². The third kappa shape index (κ3) is 5.09. The van der Waals surface area contributed by atoms with E-state index in [1.54, 1.807) is 0 Å². The van der Waals surface area contributed by atoms with E-state index >= 15 is 0 Å². The first-order valence-corrected chi connectivity index (χ1v) is 8.79. The SMILES string of the molecule is CCCCOc1ccc2cc(C#CC#Cc3ccc(F)c(F)c3)ccc2c1. The number of rotatable bonds is 4. The molecular formula is C24H18F2O. The van der Waals surface area contributed by atoms with Crippen LogP contribution in [0.15, 0.2) is 54.6 Å². The van der Waals surface area contributed by atoms with Gasteiger partial charge in [0.05, 0.1) is 6.61 Å². The summed E-state index contributed by atoms with van der Waals surface area (Å²) in [7, 11) is 0. The van der Waals surface area contributed by atoms with Gasteiger partial charge < -0.3 is 4.74 Å². The molecule has 3 aromatic carbocycles. The molecule has 0 aromatic heterocycles. The Balaban J connectivity index is 1.73. The molecule has 3 rings (SSSR count). The first kappa shape index (κ1) is 18.5. The van der Waals surface area contributed by atoms with Crippen LogP contribution < -0.4 is 4.74 Å². The highest BCUT2D eigenvalue weighted by molar-refractivity contribution is 5.85. The van der Waals surface area contributed by atoms with Crippen LogP contribution in [0.1, 0.15) is 30.9 Å². The number of unbranched alkanes of at least 4 members (excludes halogenated alkanes) is 1. The van der Waals surface area contributed by atoms with Crippen LogP contribution in [0.3, 0.4) is 0 Å². The summed E-state index contributed by atoms with van der Waals surface area (Å²) >= 11 is 0. The van der Waals surface area contributed by atoms with Gasteiger partial charge in [-0.05, 0) is 71.5 Å². The molecule has 0 saturated heterocycles. The maximum atomic E-state index is 13.1. The van der Waals surface area contributed by atoms with E-state index in [0.717, 1.165) is 53.7 Å². The van der Waals surface area contributed by atoms with Crippen molar-refractivity contribution in [2.24, 2.45) is 0 Å². The molecule has 3 heteroatoms. The number of hydrogen-bond acceptors (Lipinski definition) is 1. The van der Waals surface area contributed by atoms with Crippen molar-refractivity contribution in [3.05, 3.63) is 77.4 Å². The van der Waals surface area contributed by atoms with Crippen LogP contribution >= 0.6 is 0 Å². The molecule has 0 amide bonds. The highest BCUT2D eigenvalue weighted by atomic mass is 19.2. The number of ether oxygens (including phenoxy) is 1. The van der Waals surface area contributed by atoms with Gasteiger partial charge in [-0.3, -0.25) is 0 Å². The molecule has 0 atom stereocenters. The largest absolute Gasteiger partial charge is 0.494 e. The minimum atomic E-state index is -0.915. The Bertz CT molecular complexity index is 1080. The summed E-state index contributed by atoms with van der Waals surface area (Å²) < 4.78 is 31.7. The smallest absolute Gasteiger partial charge is 0.160 e. The van der Waals surface area contributed by atoms with Gasteiger partial charge in [-0.2, -0.15) is 0 Å². The Morgan fingerprint density at radius 3 is 2.19 bits per heavy atom. The Morgan fingerprint density at radius 2 is 1.44 bits per heavy atom. The third-order valence-electron chi connectivity index (χ3n) is 3.97. The molecule has 1 nitrogen and oxygen atoms in total. The molecule has 0 N–H and O–H groups in total. The van der Waals surface area contributed by atoms with Crippen molar-refractivity contribution in [1.82, 2.24) is 0 Å². The van der Waals surface area contributed by atoms with Gasteiger partial charge >= 0.3 is 0 Å². The molecule has 0 radical (unpaired) electrons. The molecule has 0 heterocycles. The molecule has 0 unspecified atom stereocenters. The normalized spacial score (nSPS) is 9.89. The van der Waals surface area contributed by atoms with Crippen LogP contribution in [0.5, 0.6) is 5.75 Å². The molecule has 0 aliphatic heterocycles. The lowest BCUT2D eigenvalue weighted by atomic mass is 10.1. The van der Waals surface area contributed by atoms with Crippen LogP contribution in [-0.2, 0) is 0 Å². The summed E-state index contributed by atoms with van der Waals surface area (Å²) in [6, 6.07) is 15.4. The highest BCUT2D eigenvalue weighted by Crippen LogP contribution is 2.22. The van der Waals surface area contributed by atoms with E-state index in [0.29, 0.717) is 5.56 Å². The Morgan fingerprint density at radius 1 is 0.778 bits per heavy atom. The number of fused-ring (bicyclic) bond motifs is 1.